The van der Waals surface area contributed by atoms with E-state index in [1.165, 1.54) is 22.3 Å². The van der Waals surface area contributed by atoms with E-state index in [1.807, 2.05) is 12.1 Å². The average molecular weight is 822 g/mol. The molecule has 49 heavy (non-hydrogen) atoms. The third-order valence-corrected chi connectivity index (χ3v) is 8.46. The molecule has 6 heteroatoms. The van der Waals surface area contributed by atoms with Crippen molar-refractivity contribution < 1.29 is 11.3 Å². The van der Waals surface area contributed by atoms with Gasteiger partial charge in [-0.3, -0.25) is 0 Å². The minimum atomic E-state index is 0.335. The quantitative estimate of drug-likeness (QED) is 0.102. The maximum absolute atomic E-state index is 5.49. The number of aromatic nitrogens is 1. The van der Waals surface area contributed by atoms with Crippen molar-refractivity contribution >= 4 is 51.0 Å². The normalized spacial score (nSPS) is 12.2. The number of aliphatic imine (C=N–C) groups is 2. The van der Waals surface area contributed by atoms with Crippen molar-refractivity contribution in [1.29, 1.82) is 0 Å². The van der Waals surface area contributed by atoms with Crippen LogP contribution < -0.4 is 0 Å². The molecular weight excluding hydrogens is 774 g/mol. The average Bonchev–Trinajstić information content (AvgIpc) is 3.10. The van der Waals surface area contributed by atoms with Crippen LogP contribution in [0.15, 0.2) is 125 Å². The summed E-state index contributed by atoms with van der Waals surface area (Å²) in [5.74, 6) is 1.34. The molecule has 5 rings (SSSR count). The molecule has 5 aromatic rings. The van der Waals surface area contributed by atoms with E-state index in [-0.39, 0.29) is 0 Å². The molecule has 0 fully saturated rings. The van der Waals surface area contributed by atoms with Crippen LogP contribution in [0.25, 0.3) is 0 Å². The Morgan fingerprint density at radius 2 is 0.735 bits per heavy atom. The fraction of sp³-hybridized carbons (Fsp3) is 0.279. The molecule has 0 bridgehead atoms. The Morgan fingerprint density at radius 1 is 0.449 bits per heavy atom. The number of pyridine rings is 1. The molecule has 0 saturated carbocycles. The van der Waals surface area contributed by atoms with Crippen LogP contribution >= 0.6 is 28.2 Å². The summed E-state index contributed by atoms with van der Waals surface area (Å²) in [5, 5.41) is 0. The van der Waals surface area contributed by atoms with Gasteiger partial charge in [-0.1, -0.05) is 159 Å². The molecule has 1 aromatic heterocycles. The van der Waals surface area contributed by atoms with Crippen LogP contribution in [0.4, 0.5) is 11.4 Å². The van der Waals surface area contributed by atoms with Crippen LogP contribution in [-0.2, 0) is 11.3 Å². The molecule has 0 aliphatic heterocycles. The van der Waals surface area contributed by atoms with Crippen LogP contribution in [0.1, 0.15) is 124 Å². The monoisotopic (exact) mass is 819 g/mol. The Kier molecular flexibility index (Phi) is 14.8. The standard InChI is InChI=1S/C43H47N3.2BrH.Fe/c1-28(2)34-22-15-23-35(29(3)4)42(34)45-40(32-18-11-9-12-19-32)38-26-17-27-39(44-38)41(33-20-13-10-14-21-33)46-43-36(30(5)6)24-16-25-37(43)31(7)8;;;/h9-31H,1-8H3;2*1H;/q;;;+2/p-2. The van der Waals surface area contributed by atoms with Crippen molar-refractivity contribution in [2.75, 3.05) is 0 Å². The molecule has 0 atom stereocenters. The van der Waals surface area contributed by atoms with Crippen molar-refractivity contribution in [2.45, 2.75) is 79.1 Å². The molecule has 0 aliphatic carbocycles. The van der Waals surface area contributed by atoms with E-state index in [1.54, 1.807) is 0 Å². The van der Waals surface area contributed by atoms with Gasteiger partial charge in [-0.2, -0.15) is 0 Å². The molecular formula is C43H47Br2FeN3. The minimum absolute atomic E-state index is 0.335. The zero-order valence-electron chi connectivity index (χ0n) is 29.7. The Morgan fingerprint density at radius 3 is 1.02 bits per heavy atom. The summed E-state index contributed by atoms with van der Waals surface area (Å²) in [6.45, 7) is 17.9. The Hall–Kier alpha value is -3.15. The molecule has 0 amide bonds. The van der Waals surface area contributed by atoms with Gasteiger partial charge >= 0.3 is 39.6 Å². The van der Waals surface area contributed by atoms with Crippen molar-refractivity contribution in [3.8, 4) is 0 Å². The first-order valence-corrected chi connectivity index (χ1v) is 22.4. The molecule has 0 aliphatic rings. The maximum atomic E-state index is 5.49. The van der Waals surface area contributed by atoms with Gasteiger partial charge in [0.2, 0.25) is 0 Å². The Labute approximate surface area is 314 Å². The van der Waals surface area contributed by atoms with Gasteiger partial charge in [-0.25, -0.2) is 15.0 Å². The summed E-state index contributed by atoms with van der Waals surface area (Å²) < 4.78 is 0. The number of hydrogen-bond acceptors (Lipinski definition) is 3. The van der Waals surface area contributed by atoms with Gasteiger partial charge in [-0.15, -0.1) is 0 Å². The van der Waals surface area contributed by atoms with E-state index in [0.717, 1.165) is 56.7 Å². The fourth-order valence-corrected chi connectivity index (χ4v) is 5.94. The molecule has 3 nitrogen and oxygen atoms in total. The number of rotatable bonds is 10. The predicted molar refractivity (Wildman–Crippen MR) is 215 cm³/mol. The van der Waals surface area contributed by atoms with Gasteiger partial charge in [0.1, 0.15) is 0 Å². The molecule has 0 spiro atoms. The molecule has 256 valence electrons. The summed E-state index contributed by atoms with van der Waals surface area (Å²) in [6, 6.07) is 40.3. The Balaban J connectivity index is 0.00000174. The van der Waals surface area contributed by atoms with Crippen LogP contribution in [0, 0.1) is 0 Å². The number of benzene rings is 4. The predicted octanol–water partition coefficient (Wildman–Crippen LogP) is 13.6. The zero-order chi connectivity index (χ0) is 35.5. The second kappa shape index (κ2) is 18.7. The first-order chi connectivity index (χ1) is 23.6. The van der Waals surface area contributed by atoms with Gasteiger partial charge in [0.25, 0.3) is 0 Å². The van der Waals surface area contributed by atoms with Crippen LogP contribution in [0.2, 0.25) is 0 Å². The third kappa shape index (κ3) is 9.98. The number of hydrogen-bond donors (Lipinski definition) is 0. The van der Waals surface area contributed by atoms with E-state index in [0.29, 0.717) is 23.7 Å². The van der Waals surface area contributed by atoms with Gasteiger partial charge in [0.05, 0.1) is 34.2 Å². The van der Waals surface area contributed by atoms with Gasteiger partial charge in [0, 0.05) is 11.1 Å². The van der Waals surface area contributed by atoms with Gasteiger partial charge < -0.3 is 0 Å². The summed E-state index contributed by atoms with van der Waals surface area (Å²) in [5.41, 5.74) is 12.5. The van der Waals surface area contributed by atoms with Crippen molar-refractivity contribution in [1.82, 2.24) is 4.98 Å². The van der Waals surface area contributed by atoms with Crippen molar-refractivity contribution in [2.24, 2.45) is 9.98 Å². The van der Waals surface area contributed by atoms with Crippen LogP contribution in [0.5, 0.6) is 0 Å². The first kappa shape index (κ1) is 38.6. The molecule has 0 N–H and O–H groups in total. The Bertz CT molecular complexity index is 1680. The molecule has 0 saturated heterocycles. The van der Waals surface area contributed by atoms with Gasteiger partial charge in [-0.05, 0) is 58.1 Å². The number of halogens is 2. The molecule has 4 aromatic carbocycles. The zero-order valence-corrected chi connectivity index (χ0v) is 34.0. The summed E-state index contributed by atoms with van der Waals surface area (Å²) in [4.78, 5) is 16.3. The summed E-state index contributed by atoms with van der Waals surface area (Å²) in [7, 11) is 0. The van der Waals surface area contributed by atoms with E-state index in [4.69, 9.17) is 15.0 Å². The second-order valence-electron chi connectivity index (χ2n) is 13.3. The van der Waals surface area contributed by atoms with Crippen molar-refractivity contribution in [3.63, 3.8) is 0 Å². The summed E-state index contributed by atoms with van der Waals surface area (Å²) in [6.07, 6.45) is 0. The van der Waals surface area contributed by atoms with E-state index >= 15 is 0 Å². The van der Waals surface area contributed by atoms with E-state index in [9.17, 15) is 0 Å². The van der Waals surface area contributed by atoms with E-state index < -0.39 is 0 Å². The van der Waals surface area contributed by atoms with Crippen LogP contribution in [-0.4, -0.2) is 16.4 Å². The van der Waals surface area contributed by atoms with E-state index in [2.05, 4.69) is 187 Å². The first-order valence-electron chi connectivity index (χ1n) is 16.9. The molecule has 0 radical (unpaired) electrons. The fourth-order valence-electron chi connectivity index (χ4n) is 5.94. The summed E-state index contributed by atoms with van der Waals surface area (Å²) >= 11 is 7.00. The van der Waals surface area contributed by atoms with Crippen LogP contribution in [0.3, 0.4) is 0 Å². The third-order valence-electron chi connectivity index (χ3n) is 8.46. The number of nitrogens with zero attached hydrogens (tertiary/aromatic N) is 3. The molecule has 0 unspecified atom stereocenters. The van der Waals surface area contributed by atoms with Crippen molar-refractivity contribution in [3.05, 3.63) is 160 Å². The topological polar surface area (TPSA) is 37.6 Å². The second-order valence-corrected chi connectivity index (χ2v) is 18.9. The van der Waals surface area contributed by atoms with Gasteiger partial charge in [0.15, 0.2) is 0 Å². The molecule has 1 heterocycles. The number of para-hydroxylation sites is 2. The SMILES string of the molecule is CC(C)c1cccc(C(C)C)c1N=C(c1ccccc1)c1cccc(C(=Nc2c(C(C)C)cccc2C(C)C)c2ccccc2)n1.[Br][Fe][Br].